The third kappa shape index (κ3) is 9.24. The van der Waals surface area contributed by atoms with Gasteiger partial charge in [0.25, 0.3) is 0 Å². The average Bonchev–Trinajstić information content (AvgIpc) is 3.07. The van der Waals surface area contributed by atoms with E-state index in [4.69, 9.17) is 9.47 Å². The minimum atomic E-state index is -0.875. The smallest absolute Gasteiger partial charge is 0.414 e. The number of guanidine groups is 1. The molecule has 34 heavy (non-hydrogen) atoms. The Balaban J connectivity index is 2.22. The normalized spacial score (nSPS) is 15.9. The number of nitrogens with one attached hydrogen (secondary N) is 3. The monoisotopic (exact) mass is 479 g/mol. The number of nitrogens with zero attached hydrogens (tertiary/aromatic N) is 2. The Kier molecular flexibility index (Phi) is 8.46. The molecule has 1 aromatic rings. The van der Waals surface area contributed by atoms with Gasteiger partial charge in [-0.2, -0.15) is 0 Å². The van der Waals surface area contributed by atoms with Gasteiger partial charge in [-0.15, -0.1) is 0 Å². The highest BCUT2D eigenvalue weighted by Crippen LogP contribution is 2.27. The highest BCUT2D eigenvalue weighted by Gasteiger charge is 2.25. The number of halogens is 1. The van der Waals surface area contributed by atoms with Crippen molar-refractivity contribution in [1.29, 1.82) is 0 Å². The number of alkyl carbamates (subject to hydrolysis) is 2. The van der Waals surface area contributed by atoms with Crippen LogP contribution in [0, 0.1) is 5.82 Å². The topological polar surface area (TPSA) is 121 Å². The maximum atomic E-state index is 14.9. The van der Waals surface area contributed by atoms with Gasteiger partial charge in [0.05, 0.1) is 0 Å². The molecule has 11 heteroatoms. The van der Waals surface area contributed by atoms with E-state index < -0.39 is 29.2 Å². The molecule has 0 aliphatic carbocycles. The maximum absolute atomic E-state index is 14.9. The third-order valence-electron chi connectivity index (χ3n) is 4.36. The summed E-state index contributed by atoms with van der Waals surface area (Å²) in [7, 11) is 0. The quantitative estimate of drug-likeness (QED) is 0.450. The molecule has 1 aliphatic rings. The molecule has 0 aromatic heterocycles. The SMILES string of the molecule is CC(=O)N[C@@H]1CCN(c2ccc(N=C(NC(=O)OC(C)(C)C)NC(=O)OC(C)(C)C)c(F)c2)C1. The molecule has 2 rings (SSSR count). The van der Waals surface area contributed by atoms with E-state index >= 15 is 0 Å². The Hall–Kier alpha value is -3.37. The number of hydrogen-bond acceptors (Lipinski definition) is 7. The summed E-state index contributed by atoms with van der Waals surface area (Å²) in [4.78, 5) is 41.7. The van der Waals surface area contributed by atoms with Crippen molar-refractivity contribution in [1.82, 2.24) is 16.0 Å². The summed E-state index contributed by atoms with van der Waals surface area (Å²) in [6.07, 6.45) is -0.994. The lowest BCUT2D eigenvalue weighted by molar-refractivity contribution is -0.119. The standard InChI is InChI=1S/C23H34FN5O5/c1-14(30)25-15-10-11-29(13-15)16-8-9-18(17(24)12-16)26-19(27-20(31)33-22(2,3)4)28-21(32)34-23(5,6)7/h8-9,12,15H,10-11,13H2,1-7H3,(H,25,30)(H2,26,27,28,31,32)/t15-/m1/s1. The van der Waals surface area contributed by atoms with Gasteiger partial charge in [-0.1, -0.05) is 0 Å². The van der Waals surface area contributed by atoms with Crippen molar-refractivity contribution >= 4 is 35.4 Å². The average molecular weight is 480 g/mol. The molecule has 1 aromatic carbocycles. The number of anilines is 1. The van der Waals surface area contributed by atoms with Gasteiger partial charge < -0.3 is 19.7 Å². The molecule has 3 amide bonds. The molecule has 1 heterocycles. The van der Waals surface area contributed by atoms with Gasteiger partial charge in [0.1, 0.15) is 16.9 Å². The molecule has 188 valence electrons. The molecule has 0 saturated carbocycles. The number of rotatable bonds is 3. The lowest BCUT2D eigenvalue weighted by Crippen LogP contribution is -2.47. The zero-order chi connectivity index (χ0) is 25.7. The van der Waals surface area contributed by atoms with E-state index in [1.165, 1.54) is 19.1 Å². The minimum absolute atomic E-state index is 0.000851. The van der Waals surface area contributed by atoms with E-state index in [1.54, 1.807) is 47.6 Å². The second-order valence-corrected chi connectivity index (χ2v) is 9.98. The molecule has 1 fully saturated rings. The van der Waals surface area contributed by atoms with Crippen molar-refractivity contribution in [2.45, 2.75) is 72.1 Å². The van der Waals surface area contributed by atoms with Crippen LogP contribution < -0.4 is 20.9 Å². The largest absolute Gasteiger partial charge is 0.444 e. The number of aliphatic imine (C=N–C) groups is 1. The van der Waals surface area contributed by atoms with Crippen LogP contribution in [0.4, 0.5) is 25.4 Å². The van der Waals surface area contributed by atoms with Crippen molar-refractivity contribution in [2.24, 2.45) is 4.99 Å². The van der Waals surface area contributed by atoms with Crippen LogP contribution in [-0.2, 0) is 14.3 Å². The molecule has 1 atom stereocenters. The van der Waals surface area contributed by atoms with Crippen LogP contribution in [0.3, 0.4) is 0 Å². The van der Waals surface area contributed by atoms with E-state index in [9.17, 15) is 18.8 Å². The molecular formula is C23H34FN5O5. The van der Waals surface area contributed by atoms with E-state index in [0.717, 1.165) is 6.42 Å². The molecule has 0 radical (unpaired) electrons. The van der Waals surface area contributed by atoms with Crippen LogP contribution >= 0.6 is 0 Å². The fourth-order valence-electron chi connectivity index (χ4n) is 3.19. The molecule has 10 nitrogen and oxygen atoms in total. The zero-order valence-corrected chi connectivity index (χ0v) is 20.7. The molecular weight excluding hydrogens is 445 g/mol. The first-order chi connectivity index (χ1) is 15.6. The lowest BCUT2D eigenvalue weighted by atomic mass is 10.2. The van der Waals surface area contributed by atoms with Crippen molar-refractivity contribution in [3.63, 3.8) is 0 Å². The number of amides is 3. The van der Waals surface area contributed by atoms with E-state index in [1.807, 2.05) is 4.90 Å². The van der Waals surface area contributed by atoms with Gasteiger partial charge >= 0.3 is 12.2 Å². The molecule has 0 spiro atoms. The molecule has 3 N–H and O–H groups in total. The second-order valence-electron chi connectivity index (χ2n) is 9.98. The molecule has 0 bridgehead atoms. The summed E-state index contributed by atoms with van der Waals surface area (Å²) in [6, 6.07) is 4.43. The molecule has 0 unspecified atom stereocenters. The van der Waals surface area contributed by atoms with E-state index in [-0.39, 0.29) is 23.6 Å². The lowest BCUT2D eigenvalue weighted by Gasteiger charge is -2.22. The third-order valence-corrected chi connectivity index (χ3v) is 4.36. The first-order valence-corrected chi connectivity index (χ1v) is 11.0. The number of carbonyl (C=O) groups excluding carboxylic acids is 3. The predicted molar refractivity (Wildman–Crippen MR) is 127 cm³/mol. The fraction of sp³-hybridized carbons (Fsp3) is 0.565. The van der Waals surface area contributed by atoms with Crippen LogP contribution in [0.15, 0.2) is 23.2 Å². The fourth-order valence-corrected chi connectivity index (χ4v) is 3.19. The van der Waals surface area contributed by atoms with Crippen molar-refractivity contribution < 1.29 is 28.2 Å². The summed E-state index contributed by atoms with van der Waals surface area (Å²) >= 11 is 0. The predicted octanol–water partition coefficient (Wildman–Crippen LogP) is 3.58. The van der Waals surface area contributed by atoms with Gasteiger partial charge in [-0.3, -0.25) is 15.4 Å². The van der Waals surface area contributed by atoms with E-state index in [0.29, 0.717) is 18.8 Å². The summed E-state index contributed by atoms with van der Waals surface area (Å²) < 4.78 is 25.3. The number of benzene rings is 1. The van der Waals surface area contributed by atoms with Gasteiger partial charge in [0, 0.05) is 31.7 Å². The second kappa shape index (κ2) is 10.7. The highest BCUT2D eigenvalue weighted by atomic mass is 19.1. The maximum Gasteiger partial charge on any atom is 0.414 e. The van der Waals surface area contributed by atoms with Crippen molar-refractivity contribution in [3.8, 4) is 0 Å². The van der Waals surface area contributed by atoms with E-state index in [2.05, 4.69) is 20.9 Å². The molecule has 1 saturated heterocycles. The Morgan fingerprint density at radius 2 is 1.59 bits per heavy atom. The Morgan fingerprint density at radius 1 is 1.03 bits per heavy atom. The van der Waals surface area contributed by atoms with Gasteiger partial charge in [-0.05, 0) is 66.2 Å². The van der Waals surface area contributed by atoms with Crippen LogP contribution in [0.5, 0.6) is 0 Å². The first-order valence-electron chi connectivity index (χ1n) is 11.0. The van der Waals surface area contributed by atoms with Crippen molar-refractivity contribution in [2.75, 3.05) is 18.0 Å². The van der Waals surface area contributed by atoms with Gasteiger partial charge in [0.2, 0.25) is 11.9 Å². The Morgan fingerprint density at radius 3 is 2.06 bits per heavy atom. The first kappa shape index (κ1) is 26.9. The number of carbonyl (C=O) groups is 3. The van der Waals surface area contributed by atoms with Crippen LogP contribution in [0.25, 0.3) is 0 Å². The minimum Gasteiger partial charge on any atom is -0.444 e. The Labute approximate surface area is 199 Å². The zero-order valence-electron chi connectivity index (χ0n) is 20.7. The summed E-state index contributed by atoms with van der Waals surface area (Å²) in [6.45, 7) is 12.8. The number of hydrogen-bond donors (Lipinski definition) is 3. The van der Waals surface area contributed by atoms with Gasteiger partial charge in [-0.25, -0.2) is 19.0 Å². The Bertz CT molecular complexity index is 920. The number of ether oxygens (including phenoxy) is 2. The van der Waals surface area contributed by atoms with Gasteiger partial charge in [0.15, 0.2) is 5.82 Å². The van der Waals surface area contributed by atoms with Crippen LogP contribution in [0.2, 0.25) is 0 Å². The summed E-state index contributed by atoms with van der Waals surface area (Å²) in [5.74, 6) is -1.11. The van der Waals surface area contributed by atoms with Crippen molar-refractivity contribution in [3.05, 3.63) is 24.0 Å². The summed E-state index contributed by atoms with van der Waals surface area (Å²) in [5, 5.41) is 7.50. The van der Waals surface area contributed by atoms with Crippen LogP contribution in [0.1, 0.15) is 54.9 Å². The molecule has 1 aliphatic heterocycles. The van der Waals surface area contributed by atoms with Crippen LogP contribution in [-0.4, -0.2) is 54.4 Å². The highest BCUT2D eigenvalue weighted by molar-refractivity contribution is 6.02. The summed E-state index contributed by atoms with van der Waals surface area (Å²) in [5.41, 5.74) is -1.06.